The maximum absolute atomic E-state index is 14.1. The minimum Gasteiger partial charge on any atom is -0.444 e. The number of hydrogen-bond acceptors (Lipinski definition) is 2. The Bertz CT molecular complexity index is 493. The van der Waals surface area contributed by atoms with Gasteiger partial charge in [-0.1, -0.05) is 23.8 Å². The van der Waals surface area contributed by atoms with E-state index in [1.165, 1.54) is 6.07 Å². The van der Waals surface area contributed by atoms with Crippen molar-refractivity contribution in [2.75, 3.05) is 6.54 Å². The van der Waals surface area contributed by atoms with Crippen molar-refractivity contribution in [3.63, 3.8) is 0 Å². The van der Waals surface area contributed by atoms with E-state index in [4.69, 9.17) is 4.74 Å². The minimum absolute atomic E-state index is 0.0841. The van der Waals surface area contributed by atoms with Crippen LogP contribution < -0.4 is 5.32 Å². The predicted molar refractivity (Wildman–Crippen MR) is 74.0 cm³/mol. The molecule has 0 aromatic heterocycles. The quantitative estimate of drug-likeness (QED) is 0.914. The zero-order valence-corrected chi connectivity index (χ0v) is 12.5. The smallest absolute Gasteiger partial charge is 0.407 e. The van der Waals surface area contributed by atoms with Crippen LogP contribution in [0.1, 0.15) is 37.5 Å². The van der Waals surface area contributed by atoms with E-state index in [1.54, 1.807) is 39.8 Å². The number of ether oxygens (including phenoxy) is 1. The largest absolute Gasteiger partial charge is 0.444 e. The maximum Gasteiger partial charge on any atom is 0.407 e. The lowest BCUT2D eigenvalue weighted by Gasteiger charge is -2.23. The Kier molecular flexibility index (Phi) is 4.73. The second-order valence-electron chi connectivity index (χ2n) is 5.88. The second kappa shape index (κ2) is 5.77. The van der Waals surface area contributed by atoms with Gasteiger partial charge in [-0.05, 0) is 40.2 Å². The molecule has 112 valence electrons. The number of carbonyl (C=O) groups is 1. The van der Waals surface area contributed by atoms with E-state index in [1.807, 2.05) is 6.92 Å². The van der Waals surface area contributed by atoms with Crippen LogP contribution in [0.15, 0.2) is 18.2 Å². The molecule has 1 aromatic rings. The Hall–Kier alpha value is -1.65. The summed E-state index contributed by atoms with van der Waals surface area (Å²) in [4.78, 5) is 11.4. The summed E-state index contributed by atoms with van der Waals surface area (Å²) in [6, 6.07) is 4.71. The first-order chi connectivity index (χ1) is 9.01. The topological polar surface area (TPSA) is 38.3 Å². The Morgan fingerprint density at radius 3 is 2.35 bits per heavy atom. The Morgan fingerprint density at radius 2 is 1.85 bits per heavy atom. The van der Waals surface area contributed by atoms with E-state index in [0.717, 1.165) is 5.56 Å². The molecule has 0 radical (unpaired) electrons. The number of alkyl halides is 2. The van der Waals surface area contributed by atoms with Gasteiger partial charge in [-0.2, -0.15) is 8.78 Å². The highest BCUT2D eigenvalue weighted by Gasteiger charge is 2.34. The molecule has 0 aliphatic heterocycles. The number of rotatable bonds is 3. The summed E-state index contributed by atoms with van der Waals surface area (Å²) in [5, 5.41) is 2.11. The van der Waals surface area contributed by atoms with Gasteiger partial charge in [0.05, 0.1) is 6.54 Å². The number of benzene rings is 1. The number of hydrogen-bond donors (Lipinski definition) is 1. The van der Waals surface area contributed by atoms with Crippen molar-refractivity contribution in [1.29, 1.82) is 0 Å². The van der Waals surface area contributed by atoms with Crippen LogP contribution in [0.4, 0.5) is 13.6 Å². The summed E-state index contributed by atoms with van der Waals surface area (Å²) in [6.45, 7) is 7.71. The van der Waals surface area contributed by atoms with Crippen LogP contribution >= 0.6 is 0 Å². The van der Waals surface area contributed by atoms with Gasteiger partial charge in [0.2, 0.25) is 0 Å². The molecule has 0 aliphatic rings. The molecule has 1 amide bonds. The summed E-state index contributed by atoms with van der Waals surface area (Å²) in [7, 11) is 0. The highest BCUT2D eigenvalue weighted by molar-refractivity contribution is 5.67. The first kappa shape index (κ1) is 16.4. The molecule has 0 atom stereocenters. The molecular formula is C15H21F2NO2. The van der Waals surface area contributed by atoms with E-state index in [-0.39, 0.29) is 5.56 Å². The lowest BCUT2D eigenvalue weighted by atomic mass is 10.0. The van der Waals surface area contributed by atoms with E-state index in [0.29, 0.717) is 5.56 Å². The molecular weight excluding hydrogens is 264 g/mol. The normalized spacial score (nSPS) is 12.2. The lowest BCUT2D eigenvalue weighted by Crippen LogP contribution is -2.38. The van der Waals surface area contributed by atoms with Gasteiger partial charge in [-0.3, -0.25) is 0 Å². The van der Waals surface area contributed by atoms with Gasteiger partial charge in [-0.25, -0.2) is 4.79 Å². The fraction of sp³-hybridized carbons (Fsp3) is 0.533. The highest BCUT2D eigenvalue weighted by Crippen LogP contribution is 2.30. The van der Waals surface area contributed by atoms with Gasteiger partial charge in [-0.15, -0.1) is 0 Å². The third-order valence-corrected chi connectivity index (χ3v) is 2.63. The molecule has 0 aliphatic carbocycles. The van der Waals surface area contributed by atoms with Crippen LogP contribution in [-0.2, 0) is 10.7 Å². The molecule has 0 saturated heterocycles. The number of alkyl carbamates (subject to hydrolysis) is 1. The fourth-order valence-corrected chi connectivity index (χ4v) is 1.82. The highest BCUT2D eigenvalue weighted by atomic mass is 19.3. The third kappa shape index (κ3) is 4.79. The molecule has 0 unspecified atom stereocenters. The van der Waals surface area contributed by atoms with E-state index in [9.17, 15) is 13.6 Å². The van der Waals surface area contributed by atoms with E-state index < -0.39 is 24.2 Å². The summed E-state index contributed by atoms with van der Waals surface area (Å²) >= 11 is 0. The summed E-state index contributed by atoms with van der Waals surface area (Å²) in [6.07, 6.45) is -0.845. The van der Waals surface area contributed by atoms with Crippen molar-refractivity contribution < 1.29 is 18.3 Å². The van der Waals surface area contributed by atoms with Crippen LogP contribution in [0, 0.1) is 13.8 Å². The van der Waals surface area contributed by atoms with Crippen molar-refractivity contribution in [1.82, 2.24) is 5.32 Å². The zero-order valence-electron chi connectivity index (χ0n) is 12.5. The molecule has 0 saturated carbocycles. The van der Waals surface area contributed by atoms with E-state index in [2.05, 4.69) is 5.32 Å². The summed E-state index contributed by atoms with van der Waals surface area (Å²) in [5.74, 6) is -3.13. The predicted octanol–water partition coefficient (Wildman–Crippen LogP) is 3.92. The number of amides is 1. The third-order valence-electron chi connectivity index (χ3n) is 2.63. The fourth-order valence-electron chi connectivity index (χ4n) is 1.82. The van der Waals surface area contributed by atoms with Crippen molar-refractivity contribution >= 4 is 6.09 Å². The Morgan fingerprint density at radius 1 is 1.25 bits per heavy atom. The molecule has 3 nitrogen and oxygen atoms in total. The zero-order chi connectivity index (χ0) is 15.6. The molecule has 0 fully saturated rings. The van der Waals surface area contributed by atoms with Gasteiger partial charge in [0.1, 0.15) is 5.60 Å². The van der Waals surface area contributed by atoms with Crippen molar-refractivity contribution in [3.8, 4) is 0 Å². The molecule has 20 heavy (non-hydrogen) atoms. The van der Waals surface area contributed by atoms with Gasteiger partial charge in [0, 0.05) is 5.56 Å². The molecule has 1 aromatic carbocycles. The second-order valence-corrected chi connectivity index (χ2v) is 5.88. The van der Waals surface area contributed by atoms with Crippen molar-refractivity contribution in [2.24, 2.45) is 0 Å². The monoisotopic (exact) mass is 285 g/mol. The molecule has 1 N–H and O–H groups in total. The minimum atomic E-state index is -3.13. The molecule has 0 heterocycles. The van der Waals surface area contributed by atoms with Gasteiger partial charge < -0.3 is 10.1 Å². The molecule has 5 heteroatoms. The Labute approximate surface area is 118 Å². The average molecular weight is 285 g/mol. The first-order valence-electron chi connectivity index (χ1n) is 6.44. The average Bonchev–Trinajstić information content (AvgIpc) is 2.23. The number of carbonyl (C=O) groups excluding carboxylic acids is 1. The van der Waals surface area contributed by atoms with Gasteiger partial charge in [0.15, 0.2) is 0 Å². The summed E-state index contributed by atoms with van der Waals surface area (Å²) in [5.41, 5.74) is 0.626. The summed E-state index contributed by atoms with van der Waals surface area (Å²) < 4.78 is 33.1. The van der Waals surface area contributed by atoms with Crippen LogP contribution in [-0.4, -0.2) is 18.2 Å². The van der Waals surface area contributed by atoms with Crippen LogP contribution in [0.2, 0.25) is 0 Å². The first-order valence-corrected chi connectivity index (χ1v) is 6.44. The number of halogens is 2. The molecule has 0 bridgehead atoms. The van der Waals surface area contributed by atoms with Crippen molar-refractivity contribution in [2.45, 2.75) is 46.1 Å². The van der Waals surface area contributed by atoms with Crippen LogP contribution in [0.3, 0.4) is 0 Å². The lowest BCUT2D eigenvalue weighted by molar-refractivity contribution is -0.00965. The van der Waals surface area contributed by atoms with E-state index >= 15 is 0 Å². The molecule has 0 spiro atoms. The van der Waals surface area contributed by atoms with Gasteiger partial charge >= 0.3 is 6.09 Å². The van der Waals surface area contributed by atoms with Crippen LogP contribution in [0.5, 0.6) is 0 Å². The standard InChI is InChI=1S/C15H21F2NO2/c1-10-6-7-12(11(2)8-10)15(16,17)9-18-13(19)20-14(3,4)5/h6-8H,9H2,1-5H3,(H,18,19). The van der Waals surface area contributed by atoms with Crippen LogP contribution in [0.25, 0.3) is 0 Å². The Balaban J connectivity index is 2.72. The number of nitrogens with one attached hydrogen (secondary N) is 1. The maximum atomic E-state index is 14.1. The molecule has 1 rings (SSSR count). The SMILES string of the molecule is Cc1ccc(C(F)(F)CNC(=O)OC(C)(C)C)c(C)c1. The van der Waals surface area contributed by atoms with Gasteiger partial charge in [0.25, 0.3) is 5.92 Å². The van der Waals surface area contributed by atoms with Crippen molar-refractivity contribution in [3.05, 3.63) is 34.9 Å². The number of aryl methyl sites for hydroxylation is 2.